The van der Waals surface area contributed by atoms with E-state index >= 15 is 0 Å². The molecular weight excluding hydrogens is 274 g/mol. The van der Waals surface area contributed by atoms with Crippen LogP contribution in [-0.4, -0.2) is 37.2 Å². The van der Waals surface area contributed by atoms with E-state index in [9.17, 15) is 13.2 Å². The Morgan fingerprint density at radius 3 is 2.74 bits per heavy atom. The van der Waals surface area contributed by atoms with E-state index in [1.54, 1.807) is 0 Å². The number of carboxylic acids is 1. The normalized spacial score (nSPS) is 23.6. The molecule has 2 rings (SSSR count). The average molecular weight is 289 g/mol. The summed E-state index contributed by atoms with van der Waals surface area (Å²) in [6, 6.07) is 1.86. The van der Waals surface area contributed by atoms with E-state index in [0.29, 0.717) is 6.42 Å². The first-order chi connectivity index (χ1) is 8.94. The maximum Gasteiger partial charge on any atom is 0.371 e. The first kappa shape index (κ1) is 14.0. The standard InChI is InChI=1S/C11H15NO6S/c13-6-7-2-1-3-8(7)12-19(16,17)10-5-4-9(18-10)11(14)15/h4-5,7-8,12-13H,1-3,6H2,(H,14,15). The van der Waals surface area contributed by atoms with Gasteiger partial charge in [0.25, 0.3) is 10.0 Å². The van der Waals surface area contributed by atoms with Crippen molar-refractivity contribution in [1.29, 1.82) is 0 Å². The van der Waals surface area contributed by atoms with Gasteiger partial charge in [0.15, 0.2) is 0 Å². The third kappa shape index (κ3) is 2.96. The highest BCUT2D eigenvalue weighted by Crippen LogP contribution is 2.27. The van der Waals surface area contributed by atoms with Crippen LogP contribution in [0, 0.1) is 5.92 Å². The van der Waals surface area contributed by atoms with Crippen LogP contribution in [0.1, 0.15) is 29.8 Å². The van der Waals surface area contributed by atoms with Crippen molar-refractivity contribution in [3.05, 3.63) is 17.9 Å². The van der Waals surface area contributed by atoms with E-state index in [-0.39, 0.29) is 18.6 Å². The fourth-order valence-corrected chi connectivity index (χ4v) is 3.52. The second-order valence-electron chi connectivity index (χ2n) is 4.53. The molecule has 0 bridgehead atoms. The zero-order valence-electron chi connectivity index (χ0n) is 10.1. The highest BCUT2D eigenvalue weighted by molar-refractivity contribution is 7.89. The lowest BCUT2D eigenvalue weighted by atomic mass is 10.1. The van der Waals surface area contributed by atoms with Crippen molar-refractivity contribution in [2.75, 3.05) is 6.61 Å². The van der Waals surface area contributed by atoms with Crippen LogP contribution in [0.5, 0.6) is 0 Å². The van der Waals surface area contributed by atoms with E-state index in [4.69, 9.17) is 14.6 Å². The van der Waals surface area contributed by atoms with Crippen LogP contribution in [0.25, 0.3) is 0 Å². The van der Waals surface area contributed by atoms with Gasteiger partial charge >= 0.3 is 5.97 Å². The molecule has 1 aliphatic carbocycles. The highest BCUT2D eigenvalue weighted by atomic mass is 32.2. The van der Waals surface area contributed by atoms with Crippen LogP contribution in [0.2, 0.25) is 0 Å². The lowest BCUT2D eigenvalue weighted by Crippen LogP contribution is -2.38. The Balaban J connectivity index is 2.15. The molecule has 0 radical (unpaired) electrons. The van der Waals surface area contributed by atoms with Crippen molar-refractivity contribution in [3.63, 3.8) is 0 Å². The van der Waals surface area contributed by atoms with Gasteiger partial charge < -0.3 is 14.6 Å². The van der Waals surface area contributed by atoms with Crippen LogP contribution in [-0.2, 0) is 10.0 Å². The van der Waals surface area contributed by atoms with Crippen molar-refractivity contribution in [2.45, 2.75) is 30.4 Å². The molecule has 2 unspecified atom stereocenters. The van der Waals surface area contributed by atoms with Gasteiger partial charge in [-0.1, -0.05) is 6.42 Å². The summed E-state index contributed by atoms with van der Waals surface area (Å²) in [7, 11) is -3.89. The SMILES string of the molecule is O=C(O)c1ccc(S(=O)(=O)NC2CCCC2CO)o1. The second-order valence-corrected chi connectivity index (χ2v) is 6.17. The molecule has 0 aromatic carbocycles. The van der Waals surface area contributed by atoms with Crippen molar-refractivity contribution < 1.29 is 27.8 Å². The van der Waals surface area contributed by atoms with Crippen molar-refractivity contribution in [1.82, 2.24) is 4.72 Å². The summed E-state index contributed by atoms with van der Waals surface area (Å²) >= 11 is 0. The van der Waals surface area contributed by atoms with Crippen LogP contribution in [0.15, 0.2) is 21.6 Å². The molecule has 19 heavy (non-hydrogen) atoms. The molecule has 1 aliphatic rings. The quantitative estimate of drug-likeness (QED) is 0.723. The minimum absolute atomic E-state index is 0.0777. The van der Waals surface area contributed by atoms with E-state index < -0.39 is 26.8 Å². The Kier molecular flexibility index (Phi) is 3.93. The number of hydrogen-bond acceptors (Lipinski definition) is 5. The number of aromatic carboxylic acids is 1. The van der Waals surface area contributed by atoms with Crippen molar-refractivity contribution in [3.8, 4) is 0 Å². The molecule has 1 aromatic heterocycles. The smallest absolute Gasteiger partial charge is 0.371 e. The summed E-state index contributed by atoms with van der Waals surface area (Å²) in [4.78, 5) is 10.6. The molecule has 0 amide bonds. The van der Waals surface area contributed by atoms with E-state index in [1.165, 1.54) is 0 Å². The van der Waals surface area contributed by atoms with Gasteiger partial charge in [-0.15, -0.1) is 0 Å². The summed E-state index contributed by atoms with van der Waals surface area (Å²) in [5, 5.41) is 17.4. The van der Waals surface area contributed by atoms with Crippen LogP contribution in [0.3, 0.4) is 0 Å². The molecule has 1 aromatic rings. The number of furan rings is 1. The lowest BCUT2D eigenvalue weighted by Gasteiger charge is -2.17. The second kappa shape index (κ2) is 5.32. The number of carboxylic acid groups (broad SMARTS) is 1. The minimum Gasteiger partial charge on any atom is -0.475 e. The molecule has 1 fully saturated rings. The summed E-state index contributed by atoms with van der Waals surface area (Å²) in [5.74, 6) is -1.86. The zero-order chi connectivity index (χ0) is 14.0. The Bertz CT molecular complexity index is 563. The summed E-state index contributed by atoms with van der Waals surface area (Å²) < 4.78 is 31.2. The minimum atomic E-state index is -3.89. The van der Waals surface area contributed by atoms with Gasteiger partial charge in [-0.2, -0.15) is 0 Å². The molecule has 0 spiro atoms. The molecule has 0 saturated heterocycles. The maximum atomic E-state index is 12.0. The molecule has 8 heteroatoms. The first-order valence-electron chi connectivity index (χ1n) is 5.90. The molecule has 106 valence electrons. The van der Waals surface area contributed by atoms with E-state index in [2.05, 4.69) is 4.72 Å². The Morgan fingerprint density at radius 2 is 2.16 bits per heavy atom. The Morgan fingerprint density at radius 1 is 1.42 bits per heavy atom. The fourth-order valence-electron chi connectivity index (χ4n) is 2.25. The molecular formula is C11H15NO6S. The number of nitrogens with one attached hydrogen (secondary N) is 1. The molecule has 1 saturated carbocycles. The molecule has 1 heterocycles. The van der Waals surface area contributed by atoms with Crippen LogP contribution in [0.4, 0.5) is 0 Å². The predicted molar refractivity (Wildman–Crippen MR) is 64.2 cm³/mol. The molecule has 2 atom stereocenters. The van der Waals surface area contributed by atoms with Crippen LogP contribution >= 0.6 is 0 Å². The Labute approximate surface area is 110 Å². The largest absolute Gasteiger partial charge is 0.475 e. The van der Waals surface area contributed by atoms with Crippen molar-refractivity contribution in [2.24, 2.45) is 5.92 Å². The number of aliphatic hydroxyl groups excluding tert-OH is 1. The fraction of sp³-hybridized carbons (Fsp3) is 0.545. The van der Waals surface area contributed by atoms with Gasteiger partial charge in [0.1, 0.15) is 0 Å². The predicted octanol–water partition coefficient (Wildman–Crippen LogP) is 0.417. The molecule has 0 aliphatic heterocycles. The maximum absolute atomic E-state index is 12.0. The van der Waals surface area contributed by atoms with E-state index in [1.807, 2.05) is 0 Å². The zero-order valence-corrected chi connectivity index (χ0v) is 10.9. The third-order valence-electron chi connectivity index (χ3n) is 3.26. The van der Waals surface area contributed by atoms with E-state index in [0.717, 1.165) is 25.0 Å². The number of hydrogen-bond donors (Lipinski definition) is 3. The monoisotopic (exact) mass is 289 g/mol. The topological polar surface area (TPSA) is 117 Å². The number of sulfonamides is 1. The molecule has 7 nitrogen and oxygen atoms in total. The van der Waals surface area contributed by atoms with Gasteiger partial charge in [-0.3, -0.25) is 0 Å². The van der Waals surface area contributed by atoms with Gasteiger partial charge in [-0.25, -0.2) is 17.9 Å². The van der Waals surface area contributed by atoms with Crippen LogP contribution < -0.4 is 4.72 Å². The lowest BCUT2D eigenvalue weighted by molar-refractivity contribution is 0.0656. The van der Waals surface area contributed by atoms with Gasteiger partial charge in [0.05, 0.1) is 0 Å². The molecule has 3 N–H and O–H groups in total. The van der Waals surface area contributed by atoms with Gasteiger partial charge in [-0.05, 0) is 30.9 Å². The summed E-state index contributed by atoms with van der Waals surface area (Å²) in [6.07, 6.45) is 2.26. The Hall–Kier alpha value is -1.38. The highest BCUT2D eigenvalue weighted by Gasteiger charge is 2.32. The number of aliphatic hydroxyl groups is 1. The van der Waals surface area contributed by atoms with Crippen molar-refractivity contribution >= 4 is 16.0 Å². The summed E-state index contributed by atoms with van der Waals surface area (Å²) in [6.45, 7) is -0.0777. The van der Waals surface area contributed by atoms with Gasteiger partial charge in [0, 0.05) is 12.6 Å². The van der Waals surface area contributed by atoms with Gasteiger partial charge in [0.2, 0.25) is 10.9 Å². The number of rotatable bonds is 5. The number of carbonyl (C=O) groups is 1. The summed E-state index contributed by atoms with van der Waals surface area (Å²) in [5.41, 5.74) is 0. The third-order valence-corrected chi connectivity index (χ3v) is 4.62. The first-order valence-corrected chi connectivity index (χ1v) is 7.38. The average Bonchev–Trinajstić information content (AvgIpc) is 2.95.